The van der Waals surface area contributed by atoms with E-state index in [2.05, 4.69) is 15.0 Å². The number of rotatable bonds is 5. The molecule has 1 aromatic heterocycles. The second-order valence-electron chi connectivity index (χ2n) is 3.01. The molecule has 0 aliphatic heterocycles. The Labute approximate surface area is 96.3 Å². The van der Waals surface area contributed by atoms with Crippen molar-refractivity contribution < 1.29 is 19.4 Å². The zero-order chi connectivity index (χ0) is 12.0. The summed E-state index contributed by atoms with van der Waals surface area (Å²) in [5, 5.41) is 13.1. The second kappa shape index (κ2) is 6.06. The molecule has 0 saturated heterocycles. The first-order chi connectivity index (χ1) is 7.61. The number of nitrogens with zero attached hydrogens (tertiary/aromatic N) is 1. The number of amides is 1. The molecular weight excluding hydrogens is 232 g/mol. The van der Waals surface area contributed by atoms with Gasteiger partial charge in [0.1, 0.15) is 0 Å². The van der Waals surface area contributed by atoms with Crippen molar-refractivity contribution in [1.82, 2.24) is 4.98 Å². The first kappa shape index (κ1) is 12.4. The van der Waals surface area contributed by atoms with Crippen LogP contribution in [0, 0.1) is 0 Å². The number of methoxy groups -OCH3 is 1. The van der Waals surface area contributed by atoms with E-state index in [-0.39, 0.29) is 6.42 Å². The van der Waals surface area contributed by atoms with Crippen molar-refractivity contribution in [2.75, 3.05) is 12.4 Å². The quantitative estimate of drug-likeness (QED) is 0.823. The highest BCUT2D eigenvalue weighted by atomic mass is 32.1. The number of ether oxygens (including phenoxy) is 1. The van der Waals surface area contributed by atoms with E-state index < -0.39 is 12.1 Å². The van der Waals surface area contributed by atoms with E-state index in [1.54, 1.807) is 5.38 Å². The summed E-state index contributed by atoms with van der Waals surface area (Å²) in [5.41, 5.74) is 0.776. The van der Waals surface area contributed by atoms with Gasteiger partial charge in [-0.1, -0.05) is 0 Å². The van der Waals surface area contributed by atoms with Gasteiger partial charge in [0.15, 0.2) is 5.13 Å². The lowest BCUT2D eigenvalue weighted by Gasteiger charge is -1.97. The highest BCUT2D eigenvalue weighted by Crippen LogP contribution is 2.17. The molecule has 0 aliphatic carbocycles. The normalized spacial score (nSPS) is 9.81. The van der Waals surface area contributed by atoms with Crippen LogP contribution in [0.5, 0.6) is 0 Å². The van der Waals surface area contributed by atoms with E-state index in [9.17, 15) is 9.59 Å². The number of aliphatic carboxylic acids is 1. The number of anilines is 1. The van der Waals surface area contributed by atoms with Gasteiger partial charge in [0.2, 0.25) is 0 Å². The highest BCUT2D eigenvalue weighted by Gasteiger charge is 2.06. The van der Waals surface area contributed by atoms with E-state index >= 15 is 0 Å². The molecule has 0 fully saturated rings. The lowest BCUT2D eigenvalue weighted by molar-refractivity contribution is -0.137. The smallest absolute Gasteiger partial charge is 0.413 e. The minimum Gasteiger partial charge on any atom is -0.481 e. The van der Waals surface area contributed by atoms with Crippen molar-refractivity contribution in [2.45, 2.75) is 19.3 Å². The van der Waals surface area contributed by atoms with Crippen molar-refractivity contribution in [2.24, 2.45) is 0 Å². The predicted molar refractivity (Wildman–Crippen MR) is 58.7 cm³/mol. The summed E-state index contributed by atoms with van der Waals surface area (Å²) in [7, 11) is 1.27. The van der Waals surface area contributed by atoms with Crippen LogP contribution in [0.1, 0.15) is 18.5 Å². The van der Waals surface area contributed by atoms with Crippen LogP contribution in [0.4, 0.5) is 9.93 Å². The van der Waals surface area contributed by atoms with Crippen LogP contribution in [0.15, 0.2) is 5.38 Å². The molecule has 0 bridgehead atoms. The summed E-state index contributed by atoms with van der Waals surface area (Å²) in [6.07, 6.45) is 0.686. The Hall–Kier alpha value is -1.63. The third kappa shape index (κ3) is 4.26. The summed E-state index contributed by atoms with van der Waals surface area (Å²) in [5.74, 6) is -0.817. The average Bonchev–Trinajstić information content (AvgIpc) is 2.65. The number of hydrogen-bond acceptors (Lipinski definition) is 5. The van der Waals surface area contributed by atoms with E-state index in [0.29, 0.717) is 18.0 Å². The van der Waals surface area contributed by atoms with Gasteiger partial charge in [-0.2, -0.15) is 0 Å². The van der Waals surface area contributed by atoms with Crippen LogP contribution in [0.25, 0.3) is 0 Å². The molecule has 1 rings (SSSR count). The summed E-state index contributed by atoms with van der Waals surface area (Å²) in [6, 6.07) is 0. The van der Waals surface area contributed by atoms with Gasteiger partial charge in [0.25, 0.3) is 0 Å². The van der Waals surface area contributed by atoms with E-state index in [4.69, 9.17) is 5.11 Å². The van der Waals surface area contributed by atoms with Gasteiger partial charge in [-0.25, -0.2) is 9.78 Å². The third-order valence-electron chi connectivity index (χ3n) is 1.77. The van der Waals surface area contributed by atoms with Crippen LogP contribution in [0.2, 0.25) is 0 Å². The van der Waals surface area contributed by atoms with Crippen LogP contribution < -0.4 is 5.32 Å². The molecule has 1 aromatic rings. The first-order valence-electron chi connectivity index (χ1n) is 4.63. The molecule has 7 heteroatoms. The molecule has 0 unspecified atom stereocenters. The zero-order valence-electron chi connectivity index (χ0n) is 8.73. The van der Waals surface area contributed by atoms with E-state index in [0.717, 1.165) is 5.69 Å². The van der Waals surface area contributed by atoms with Crippen LogP contribution in [-0.4, -0.2) is 29.3 Å². The van der Waals surface area contributed by atoms with Crippen molar-refractivity contribution in [1.29, 1.82) is 0 Å². The van der Waals surface area contributed by atoms with Gasteiger partial charge in [-0.3, -0.25) is 10.1 Å². The molecule has 0 aliphatic rings. The van der Waals surface area contributed by atoms with Crippen molar-refractivity contribution >= 4 is 28.5 Å². The zero-order valence-corrected chi connectivity index (χ0v) is 9.54. The SMILES string of the molecule is COC(=O)Nc1nc(CCCC(=O)O)cs1. The molecule has 2 N–H and O–H groups in total. The number of aryl methyl sites for hydroxylation is 1. The van der Waals surface area contributed by atoms with Crippen molar-refractivity contribution in [3.05, 3.63) is 11.1 Å². The molecule has 88 valence electrons. The fourth-order valence-corrected chi connectivity index (χ4v) is 1.77. The number of carboxylic acids is 1. The average molecular weight is 244 g/mol. The number of nitrogens with one attached hydrogen (secondary N) is 1. The molecule has 6 nitrogen and oxygen atoms in total. The Bertz CT molecular complexity index is 377. The van der Waals surface area contributed by atoms with Crippen LogP contribution >= 0.6 is 11.3 Å². The summed E-state index contributed by atoms with van der Waals surface area (Å²) in [6.45, 7) is 0. The molecule has 0 radical (unpaired) electrons. The second-order valence-corrected chi connectivity index (χ2v) is 3.87. The minimum absolute atomic E-state index is 0.122. The van der Waals surface area contributed by atoms with Crippen molar-refractivity contribution in [3.63, 3.8) is 0 Å². The Kier molecular flexibility index (Phi) is 4.71. The fourth-order valence-electron chi connectivity index (χ4n) is 1.04. The van der Waals surface area contributed by atoms with Gasteiger partial charge in [-0.15, -0.1) is 11.3 Å². The fraction of sp³-hybridized carbons (Fsp3) is 0.444. The van der Waals surface area contributed by atoms with Gasteiger partial charge < -0.3 is 9.84 Å². The van der Waals surface area contributed by atoms with E-state index in [1.807, 2.05) is 0 Å². The summed E-state index contributed by atoms with van der Waals surface area (Å²) in [4.78, 5) is 25.2. The monoisotopic (exact) mass is 244 g/mol. The van der Waals surface area contributed by atoms with Crippen LogP contribution in [-0.2, 0) is 16.0 Å². The predicted octanol–water partition coefficient (Wildman–Crippen LogP) is 1.73. The van der Waals surface area contributed by atoms with Gasteiger partial charge >= 0.3 is 12.1 Å². The largest absolute Gasteiger partial charge is 0.481 e. The van der Waals surface area contributed by atoms with Gasteiger partial charge in [0.05, 0.1) is 12.8 Å². The van der Waals surface area contributed by atoms with Crippen molar-refractivity contribution in [3.8, 4) is 0 Å². The summed E-state index contributed by atoms with van der Waals surface area (Å²) >= 11 is 1.28. The lowest BCUT2D eigenvalue weighted by atomic mass is 10.2. The Morgan fingerprint density at radius 1 is 1.62 bits per heavy atom. The number of carboxylic acid groups (broad SMARTS) is 1. The molecule has 0 spiro atoms. The summed E-state index contributed by atoms with van der Waals surface area (Å²) < 4.78 is 4.41. The molecule has 0 saturated carbocycles. The minimum atomic E-state index is -0.817. The van der Waals surface area contributed by atoms with Gasteiger partial charge in [0, 0.05) is 11.8 Å². The maximum absolute atomic E-state index is 10.8. The molecule has 1 amide bonds. The molecule has 0 aromatic carbocycles. The number of carbonyl (C=O) groups excluding carboxylic acids is 1. The van der Waals surface area contributed by atoms with E-state index in [1.165, 1.54) is 18.4 Å². The Morgan fingerprint density at radius 3 is 3.00 bits per heavy atom. The Morgan fingerprint density at radius 2 is 2.38 bits per heavy atom. The molecular formula is C9H12N2O4S. The maximum Gasteiger partial charge on any atom is 0.413 e. The number of aromatic nitrogens is 1. The first-order valence-corrected chi connectivity index (χ1v) is 5.51. The topological polar surface area (TPSA) is 88.5 Å². The lowest BCUT2D eigenvalue weighted by Crippen LogP contribution is -2.10. The number of carbonyl (C=O) groups is 2. The standard InChI is InChI=1S/C9H12N2O4S/c1-15-9(14)11-8-10-6(5-16-8)3-2-4-7(12)13/h5H,2-4H2,1H3,(H,12,13)(H,10,11,14). The number of thiazole rings is 1. The maximum atomic E-state index is 10.8. The molecule has 16 heavy (non-hydrogen) atoms. The molecule has 0 atom stereocenters. The molecule has 1 heterocycles. The van der Waals surface area contributed by atoms with Gasteiger partial charge in [-0.05, 0) is 12.8 Å². The third-order valence-corrected chi connectivity index (χ3v) is 2.58. The Balaban J connectivity index is 2.39. The van der Waals surface area contributed by atoms with Crippen LogP contribution in [0.3, 0.4) is 0 Å². The highest BCUT2D eigenvalue weighted by molar-refractivity contribution is 7.13. The number of hydrogen-bond donors (Lipinski definition) is 2.